The molecule has 0 aromatic heterocycles. The van der Waals surface area contributed by atoms with Gasteiger partial charge in [0.2, 0.25) is 11.8 Å². The van der Waals surface area contributed by atoms with Crippen molar-refractivity contribution in [1.29, 1.82) is 0 Å². The smallest absolute Gasteiger partial charge is 0.416 e. The summed E-state index contributed by atoms with van der Waals surface area (Å²) in [6.07, 6.45) is -0.903. The van der Waals surface area contributed by atoms with E-state index in [1.54, 1.807) is 37.3 Å². The Morgan fingerprint density at radius 3 is 2.30 bits per heavy atom. The van der Waals surface area contributed by atoms with E-state index in [4.69, 9.17) is 4.74 Å². The van der Waals surface area contributed by atoms with E-state index in [0.717, 1.165) is 37.8 Å². The molecule has 3 aromatic carbocycles. The number of hydrogen-bond acceptors (Lipinski definition) is 5. The zero-order valence-corrected chi connectivity index (χ0v) is 25.4. The molecule has 1 N–H and O–H groups in total. The van der Waals surface area contributed by atoms with Gasteiger partial charge in [-0.25, -0.2) is 8.42 Å². The van der Waals surface area contributed by atoms with Crippen molar-refractivity contribution in [2.75, 3.05) is 18.0 Å². The van der Waals surface area contributed by atoms with E-state index in [1.165, 1.54) is 42.3 Å². The number of anilines is 1. The normalized spacial score (nSPS) is 14.6. The number of carbonyl (C=O) groups is 2. The van der Waals surface area contributed by atoms with Gasteiger partial charge >= 0.3 is 6.18 Å². The molecule has 1 fully saturated rings. The number of carbonyl (C=O) groups excluding carboxylic acids is 2. The Labute approximate surface area is 255 Å². The molecule has 1 atom stereocenters. The first-order valence-electron chi connectivity index (χ1n) is 14.4. The molecule has 0 saturated heterocycles. The van der Waals surface area contributed by atoms with Crippen molar-refractivity contribution >= 4 is 27.5 Å². The van der Waals surface area contributed by atoms with Gasteiger partial charge < -0.3 is 15.0 Å². The van der Waals surface area contributed by atoms with E-state index >= 15 is 0 Å². The molecule has 3 aromatic rings. The quantitative estimate of drug-likeness (QED) is 0.274. The van der Waals surface area contributed by atoms with E-state index in [-0.39, 0.29) is 35.5 Å². The molecule has 0 radical (unpaired) electrons. The summed E-state index contributed by atoms with van der Waals surface area (Å²) < 4.78 is 74.7. The fraction of sp³-hybridized carbons (Fsp3) is 0.375. The van der Waals surface area contributed by atoms with Gasteiger partial charge in [0.1, 0.15) is 18.3 Å². The maximum Gasteiger partial charge on any atom is 0.416 e. The van der Waals surface area contributed by atoms with Crippen LogP contribution < -0.4 is 14.4 Å². The van der Waals surface area contributed by atoms with Crippen molar-refractivity contribution in [2.24, 2.45) is 0 Å². The fourth-order valence-corrected chi connectivity index (χ4v) is 6.77. The molecular weight excluding hydrogens is 595 g/mol. The van der Waals surface area contributed by atoms with Crippen molar-refractivity contribution in [3.8, 4) is 5.75 Å². The molecule has 0 aliphatic heterocycles. The molecule has 0 spiro atoms. The van der Waals surface area contributed by atoms with E-state index in [9.17, 15) is 31.2 Å². The second-order valence-electron chi connectivity index (χ2n) is 10.7. The number of ether oxygens (including phenoxy) is 1. The Morgan fingerprint density at radius 2 is 1.66 bits per heavy atom. The van der Waals surface area contributed by atoms with Crippen LogP contribution in [0.25, 0.3) is 0 Å². The summed E-state index contributed by atoms with van der Waals surface area (Å²) >= 11 is 0. The summed E-state index contributed by atoms with van der Waals surface area (Å²) in [5.74, 6) is -0.596. The summed E-state index contributed by atoms with van der Waals surface area (Å²) in [6.45, 7) is 0.847. The van der Waals surface area contributed by atoms with Crippen LogP contribution in [0.2, 0.25) is 0 Å². The molecule has 0 bridgehead atoms. The van der Waals surface area contributed by atoms with E-state index in [0.29, 0.717) is 21.7 Å². The minimum absolute atomic E-state index is 0.0228. The van der Waals surface area contributed by atoms with Crippen molar-refractivity contribution in [1.82, 2.24) is 10.2 Å². The first-order valence-corrected chi connectivity index (χ1v) is 15.9. The summed E-state index contributed by atoms with van der Waals surface area (Å²) in [4.78, 5) is 28.8. The van der Waals surface area contributed by atoms with Gasteiger partial charge in [0.05, 0.1) is 23.3 Å². The molecule has 8 nitrogen and oxygen atoms in total. The van der Waals surface area contributed by atoms with Crippen molar-refractivity contribution in [3.63, 3.8) is 0 Å². The summed E-state index contributed by atoms with van der Waals surface area (Å²) in [5.41, 5.74) is -0.769. The highest BCUT2D eigenvalue weighted by Gasteiger charge is 2.36. The average molecular weight is 632 g/mol. The number of nitrogens with zero attached hydrogens (tertiary/aromatic N) is 2. The second kappa shape index (κ2) is 14.1. The van der Waals surface area contributed by atoms with Crippen LogP contribution in [0.15, 0.2) is 83.8 Å². The molecule has 236 valence electrons. The van der Waals surface area contributed by atoms with Crippen LogP contribution in [-0.4, -0.2) is 50.9 Å². The number of amides is 2. The van der Waals surface area contributed by atoms with Crippen LogP contribution in [-0.2, 0) is 32.3 Å². The standard InChI is InChI=1S/C32H36F3N3O5S/c1-3-29(31(40)36-25-13-7-8-14-25)37(21-23-11-9-16-27(19-23)43-2)30(39)22-38(44(41,42)28-17-5-4-6-18-28)26-15-10-12-24(20-26)32(33,34)35/h4-6,9-12,15-20,25,29H,3,7-8,13-14,21-22H2,1-2H3,(H,36,40)/t29-/m0/s1. The molecule has 2 amide bonds. The Morgan fingerprint density at radius 1 is 0.977 bits per heavy atom. The van der Waals surface area contributed by atoms with Crippen molar-refractivity contribution < 1.29 is 35.9 Å². The fourth-order valence-electron chi connectivity index (χ4n) is 5.34. The first-order chi connectivity index (χ1) is 20.9. The zero-order chi connectivity index (χ0) is 31.9. The largest absolute Gasteiger partial charge is 0.497 e. The topological polar surface area (TPSA) is 96.0 Å². The minimum Gasteiger partial charge on any atom is -0.497 e. The molecule has 0 heterocycles. The molecule has 12 heteroatoms. The Bertz CT molecular complexity index is 1540. The Balaban J connectivity index is 1.76. The van der Waals surface area contributed by atoms with Crippen LogP contribution >= 0.6 is 0 Å². The van der Waals surface area contributed by atoms with Gasteiger partial charge in [-0.3, -0.25) is 13.9 Å². The van der Waals surface area contributed by atoms with Gasteiger partial charge in [-0.1, -0.05) is 56.2 Å². The number of nitrogens with one attached hydrogen (secondary N) is 1. The number of methoxy groups -OCH3 is 1. The molecular formula is C32H36F3N3O5S. The molecule has 0 unspecified atom stereocenters. The molecule has 44 heavy (non-hydrogen) atoms. The van der Waals surface area contributed by atoms with Crippen LogP contribution in [0.5, 0.6) is 5.75 Å². The predicted molar refractivity (Wildman–Crippen MR) is 160 cm³/mol. The monoisotopic (exact) mass is 631 g/mol. The van der Waals surface area contributed by atoms with Crippen LogP contribution in [0.1, 0.15) is 50.2 Å². The van der Waals surface area contributed by atoms with Gasteiger partial charge in [0.15, 0.2) is 0 Å². The maximum absolute atomic E-state index is 14.2. The lowest BCUT2D eigenvalue weighted by atomic mass is 10.1. The van der Waals surface area contributed by atoms with Crippen LogP contribution in [0, 0.1) is 0 Å². The van der Waals surface area contributed by atoms with Crippen LogP contribution in [0.3, 0.4) is 0 Å². The number of halogens is 3. The van der Waals surface area contributed by atoms with Gasteiger partial charge in [-0.2, -0.15) is 13.2 Å². The summed E-state index contributed by atoms with van der Waals surface area (Å²) in [7, 11) is -3.01. The summed E-state index contributed by atoms with van der Waals surface area (Å²) in [5, 5.41) is 3.02. The minimum atomic E-state index is -4.74. The maximum atomic E-state index is 14.2. The van der Waals surface area contributed by atoms with E-state index < -0.39 is 40.3 Å². The first kappa shape index (κ1) is 32.8. The van der Waals surface area contributed by atoms with Gasteiger partial charge in [0.25, 0.3) is 10.0 Å². The van der Waals surface area contributed by atoms with Crippen LogP contribution in [0.4, 0.5) is 18.9 Å². The number of rotatable bonds is 12. The van der Waals surface area contributed by atoms with Gasteiger partial charge in [-0.15, -0.1) is 0 Å². The Kier molecular flexibility index (Phi) is 10.6. The third kappa shape index (κ3) is 7.90. The van der Waals surface area contributed by atoms with E-state index in [2.05, 4.69) is 5.32 Å². The van der Waals surface area contributed by atoms with Crippen molar-refractivity contribution in [3.05, 3.63) is 90.0 Å². The highest BCUT2D eigenvalue weighted by atomic mass is 32.2. The molecule has 1 aliphatic rings. The van der Waals surface area contributed by atoms with Crippen molar-refractivity contribution in [2.45, 2.75) is 68.7 Å². The van der Waals surface area contributed by atoms with Gasteiger partial charge in [-0.05, 0) is 67.3 Å². The SMILES string of the molecule is CC[C@@H](C(=O)NC1CCCC1)N(Cc1cccc(OC)c1)C(=O)CN(c1cccc(C(F)(F)F)c1)S(=O)(=O)c1ccccc1. The predicted octanol–water partition coefficient (Wildman–Crippen LogP) is 5.78. The number of benzene rings is 3. The Hall–Kier alpha value is -4.06. The lowest BCUT2D eigenvalue weighted by molar-refractivity contribution is -0.140. The van der Waals surface area contributed by atoms with Gasteiger partial charge in [0, 0.05) is 12.6 Å². The lowest BCUT2D eigenvalue weighted by Crippen LogP contribution is -2.53. The third-order valence-corrected chi connectivity index (χ3v) is 9.43. The number of alkyl halides is 3. The zero-order valence-electron chi connectivity index (χ0n) is 24.6. The lowest BCUT2D eigenvalue weighted by Gasteiger charge is -2.34. The number of hydrogen-bond donors (Lipinski definition) is 1. The van der Waals surface area contributed by atoms with E-state index in [1.807, 2.05) is 0 Å². The second-order valence-corrected chi connectivity index (χ2v) is 12.5. The molecule has 1 aliphatic carbocycles. The number of sulfonamides is 1. The average Bonchev–Trinajstić information content (AvgIpc) is 3.52. The third-order valence-electron chi connectivity index (χ3n) is 7.65. The molecule has 4 rings (SSSR count). The summed E-state index contributed by atoms with van der Waals surface area (Å²) in [6, 6.07) is 16.9. The highest BCUT2D eigenvalue weighted by molar-refractivity contribution is 7.92. The highest BCUT2D eigenvalue weighted by Crippen LogP contribution is 2.33. The molecule has 1 saturated carbocycles.